The molecule has 2 N–H and O–H groups in total. The molecule has 1 amide bonds. The van der Waals surface area contributed by atoms with E-state index in [2.05, 4.69) is 10.4 Å². The molecule has 4 rings (SSSR count). The molecule has 0 aliphatic rings. The highest BCUT2D eigenvalue weighted by molar-refractivity contribution is 6.30. The van der Waals surface area contributed by atoms with Gasteiger partial charge in [0.15, 0.2) is 6.79 Å². The molecule has 0 saturated carbocycles. The average Bonchev–Trinajstić information content (AvgIpc) is 3.17. The number of amides is 1. The molecule has 4 aromatic rings. The number of fused-ring (bicyclic) bond motifs is 1. The third kappa shape index (κ3) is 4.71. The van der Waals surface area contributed by atoms with Gasteiger partial charge in [0, 0.05) is 11.8 Å². The predicted octanol–water partition coefficient (Wildman–Crippen LogP) is 4.80. The number of carbonyl (C=O) groups is 1. The molecular formula is C24H24ClN3O3. The molecule has 1 atom stereocenters. The highest BCUT2D eigenvalue weighted by Gasteiger charge is 2.17. The first-order valence-corrected chi connectivity index (χ1v) is 10.3. The molecule has 0 aliphatic carbocycles. The van der Waals surface area contributed by atoms with Gasteiger partial charge >= 0.3 is 0 Å². The molecule has 31 heavy (non-hydrogen) atoms. The van der Waals surface area contributed by atoms with E-state index in [1.165, 1.54) is 0 Å². The summed E-state index contributed by atoms with van der Waals surface area (Å²) in [6, 6.07) is 20.2. The molecule has 0 unspecified atom stereocenters. The maximum atomic E-state index is 13.1. The standard InChI is InChI=1S/C24H22ClN3O3.H2/c1-16(18-8-10-21(11-9-18)31-15-29)27-24(30)22-7-3-5-19-13-26-28(23(19)22)14-17-4-2-6-20(25)12-17;/h2-13,16,29H,14-15H2,1H3,(H,27,30);1H/t16-;/m0./s1. The molecule has 1 aromatic heterocycles. The molecule has 0 saturated heterocycles. The molecule has 0 fully saturated rings. The van der Waals surface area contributed by atoms with Crippen molar-refractivity contribution in [2.75, 3.05) is 6.79 Å². The maximum absolute atomic E-state index is 13.1. The summed E-state index contributed by atoms with van der Waals surface area (Å²) in [4.78, 5) is 13.1. The minimum atomic E-state index is -0.376. The van der Waals surface area contributed by atoms with E-state index < -0.39 is 0 Å². The lowest BCUT2D eigenvalue weighted by Gasteiger charge is -2.16. The van der Waals surface area contributed by atoms with Gasteiger partial charge in [-0.1, -0.05) is 48.0 Å². The number of halogens is 1. The third-order valence-electron chi connectivity index (χ3n) is 5.09. The fourth-order valence-corrected chi connectivity index (χ4v) is 3.75. The first-order valence-electron chi connectivity index (χ1n) is 9.88. The maximum Gasteiger partial charge on any atom is 0.253 e. The van der Waals surface area contributed by atoms with Crippen LogP contribution in [0.5, 0.6) is 5.75 Å². The van der Waals surface area contributed by atoms with Crippen LogP contribution in [0.3, 0.4) is 0 Å². The van der Waals surface area contributed by atoms with Crippen LogP contribution < -0.4 is 10.1 Å². The van der Waals surface area contributed by atoms with Gasteiger partial charge in [0.05, 0.1) is 29.9 Å². The van der Waals surface area contributed by atoms with E-state index >= 15 is 0 Å². The van der Waals surface area contributed by atoms with Crippen molar-refractivity contribution in [2.24, 2.45) is 0 Å². The van der Waals surface area contributed by atoms with Crippen LogP contribution >= 0.6 is 11.6 Å². The van der Waals surface area contributed by atoms with Gasteiger partial charge < -0.3 is 15.2 Å². The smallest absolute Gasteiger partial charge is 0.253 e. The van der Waals surface area contributed by atoms with Crippen LogP contribution in [0.25, 0.3) is 10.9 Å². The van der Waals surface area contributed by atoms with Crippen LogP contribution in [0, 0.1) is 0 Å². The second-order valence-electron chi connectivity index (χ2n) is 7.21. The van der Waals surface area contributed by atoms with Crippen molar-refractivity contribution in [2.45, 2.75) is 19.5 Å². The Labute approximate surface area is 186 Å². The second kappa shape index (κ2) is 9.20. The zero-order chi connectivity index (χ0) is 21.8. The molecule has 1 heterocycles. The molecule has 0 aliphatic heterocycles. The van der Waals surface area contributed by atoms with Crippen molar-refractivity contribution < 1.29 is 16.1 Å². The van der Waals surface area contributed by atoms with E-state index in [1.807, 2.05) is 60.1 Å². The molecule has 0 bridgehead atoms. The number of carbonyl (C=O) groups excluding carboxylic acids is 1. The summed E-state index contributed by atoms with van der Waals surface area (Å²) in [6.07, 6.45) is 1.76. The third-order valence-corrected chi connectivity index (χ3v) is 5.32. The SMILES string of the molecule is C[C@H](NC(=O)c1cccc2cnn(Cc3cccc(Cl)c3)c12)c1ccc(OCO)cc1.[HH]. The quantitative estimate of drug-likeness (QED) is 0.407. The van der Waals surface area contributed by atoms with E-state index in [0.29, 0.717) is 22.9 Å². The summed E-state index contributed by atoms with van der Waals surface area (Å²) >= 11 is 6.11. The van der Waals surface area contributed by atoms with Gasteiger partial charge in [-0.05, 0) is 48.4 Å². The number of ether oxygens (including phenoxy) is 1. The molecule has 0 radical (unpaired) electrons. The first kappa shape index (κ1) is 20.9. The summed E-state index contributed by atoms with van der Waals surface area (Å²) in [6.45, 7) is 2.05. The normalized spacial score (nSPS) is 12.0. The lowest BCUT2D eigenvalue weighted by molar-refractivity contribution is 0.0941. The predicted molar refractivity (Wildman–Crippen MR) is 122 cm³/mol. The number of nitrogens with one attached hydrogen (secondary N) is 1. The van der Waals surface area contributed by atoms with Crippen LogP contribution in [0.4, 0.5) is 0 Å². The highest BCUT2D eigenvalue weighted by atomic mass is 35.5. The van der Waals surface area contributed by atoms with Crippen molar-refractivity contribution in [3.8, 4) is 5.75 Å². The second-order valence-corrected chi connectivity index (χ2v) is 7.65. The van der Waals surface area contributed by atoms with E-state index in [4.69, 9.17) is 21.4 Å². The van der Waals surface area contributed by atoms with Crippen molar-refractivity contribution >= 4 is 28.4 Å². The van der Waals surface area contributed by atoms with Crippen molar-refractivity contribution in [3.05, 3.63) is 94.6 Å². The molecule has 3 aromatic carbocycles. The Hall–Kier alpha value is -3.35. The molecule has 0 spiro atoms. The van der Waals surface area contributed by atoms with Crippen molar-refractivity contribution in [1.29, 1.82) is 0 Å². The number of rotatable bonds is 7. The first-order chi connectivity index (χ1) is 15.0. The molecule has 6 nitrogen and oxygen atoms in total. The van der Waals surface area contributed by atoms with E-state index in [1.54, 1.807) is 24.4 Å². The Morgan fingerprint density at radius 2 is 1.97 bits per heavy atom. The minimum Gasteiger partial charge on any atom is -0.468 e. The number of aromatic nitrogens is 2. The lowest BCUT2D eigenvalue weighted by atomic mass is 10.1. The Morgan fingerprint density at radius 3 is 2.71 bits per heavy atom. The Kier molecular flexibility index (Phi) is 6.21. The minimum absolute atomic E-state index is 0. The monoisotopic (exact) mass is 437 g/mol. The topological polar surface area (TPSA) is 76.4 Å². The van der Waals surface area contributed by atoms with Gasteiger partial charge in [0.25, 0.3) is 5.91 Å². The van der Waals surface area contributed by atoms with Crippen LogP contribution in [-0.2, 0) is 6.54 Å². The molecule has 160 valence electrons. The van der Waals surface area contributed by atoms with Crippen LogP contribution in [0.1, 0.15) is 35.9 Å². The highest BCUT2D eigenvalue weighted by Crippen LogP contribution is 2.23. The zero-order valence-corrected chi connectivity index (χ0v) is 17.7. The van der Waals surface area contributed by atoms with Crippen molar-refractivity contribution in [3.63, 3.8) is 0 Å². The zero-order valence-electron chi connectivity index (χ0n) is 17.0. The van der Waals surface area contributed by atoms with Gasteiger partial charge in [0.1, 0.15) is 5.75 Å². The van der Waals surface area contributed by atoms with Gasteiger partial charge in [-0.25, -0.2) is 0 Å². The Morgan fingerprint density at radius 1 is 1.19 bits per heavy atom. The number of para-hydroxylation sites is 1. The number of aliphatic hydroxyl groups is 1. The molecular weight excluding hydrogens is 414 g/mol. The van der Waals surface area contributed by atoms with Gasteiger partial charge in [-0.15, -0.1) is 0 Å². The lowest BCUT2D eigenvalue weighted by Crippen LogP contribution is -2.27. The number of aliphatic hydroxyl groups excluding tert-OH is 1. The summed E-state index contributed by atoms with van der Waals surface area (Å²) in [5, 5.41) is 17.9. The summed E-state index contributed by atoms with van der Waals surface area (Å²) in [5.74, 6) is 0.390. The van der Waals surface area contributed by atoms with Gasteiger partial charge in [-0.3, -0.25) is 9.48 Å². The average molecular weight is 438 g/mol. The number of nitrogens with zero attached hydrogens (tertiary/aromatic N) is 2. The summed E-state index contributed by atoms with van der Waals surface area (Å²) < 4.78 is 6.87. The van der Waals surface area contributed by atoms with Gasteiger partial charge in [-0.2, -0.15) is 5.10 Å². The molecule has 7 heteroatoms. The summed E-state index contributed by atoms with van der Waals surface area (Å²) in [5.41, 5.74) is 3.27. The Balaban J connectivity index is 0.00000289. The van der Waals surface area contributed by atoms with Gasteiger partial charge in [0.2, 0.25) is 0 Å². The van der Waals surface area contributed by atoms with E-state index in [0.717, 1.165) is 22.0 Å². The Bertz CT molecular complexity index is 1210. The fourth-order valence-electron chi connectivity index (χ4n) is 3.54. The van der Waals surface area contributed by atoms with Crippen LogP contribution in [0.15, 0.2) is 72.9 Å². The van der Waals surface area contributed by atoms with Crippen LogP contribution in [-0.4, -0.2) is 27.6 Å². The largest absolute Gasteiger partial charge is 0.468 e. The van der Waals surface area contributed by atoms with E-state index in [9.17, 15) is 4.79 Å². The number of hydrogen-bond acceptors (Lipinski definition) is 4. The van der Waals surface area contributed by atoms with E-state index in [-0.39, 0.29) is 20.2 Å². The van der Waals surface area contributed by atoms with Crippen LogP contribution in [0.2, 0.25) is 5.02 Å². The summed E-state index contributed by atoms with van der Waals surface area (Å²) in [7, 11) is 0. The number of hydrogen-bond donors (Lipinski definition) is 2. The van der Waals surface area contributed by atoms with Crippen molar-refractivity contribution in [1.82, 2.24) is 15.1 Å². The fraction of sp³-hybridized carbons (Fsp3) is 0.167. The number of benzene rings is 3.